The van der Waals surface area contributed by atoms with Gasteiger partial charge in [-0.1, -0.05) is 0 Å². The van der Waals surface area contributed by atoms with Crippen molar-refractivity contribution in [1.82, 2.24) is 20.5 Å². The predicted octanol–water partition coefficient (Wildman–Crippen LogP) is -0.566. The van der Waals surface area contributed by atoms with E-state index in [4.69, 9.17) is 0 Å². The standard InChI is InChI=1S/C15H22N4O3S/c1-9-17-10(8-23-9)6-13(20)18-11-2-3-12(15(11)22)19-5-4-16-14(21)7-19/h8,11-12,15,22H,2-7H2,1H3,(H,16,21)(H,18,20)/t11-,12-,15-/m1/s1. The number of hydrogen-bond donors (Lipinski definition) is 3. The second-order valence-electron chi connectivity index (χ2n) is 6.16. The molecular formula is C15H22N4O3S. The van der Waals surface area contributed by atoms with Crippen molar-refractivity contribution in [1.29, 1.82) is 0 Å². The molecule has 1 aromatic rings. The average molecular weight is 338 g/mol. The highest BCUT2D eigenvalue weighted by molar-refractivity contribution is 7.09. The summed E-state index contributed by atoms with van der Waals surface area (Å²) < 4.78 is 0. The number of thiazole rings is 1. The highest BCUT2D eigenvalue weighted by Gasteiger charge is 2.40. The van der Waals surface area contributed by atoms with Crippen LogP contribution >= 0.6 is 11.3 Å². The summed E-state index contributed by atoms with van der Waals surface area (Å²) in [6.07, 6.45) is 1.12. The number of nitrogens with zero attached hydrogens (tertiary/aromatic N) is 2. The van der Waals surface area contributed by atoms with E-state index < -0.39 is 6.10 Å². The van der Waals surface area contributed by atoms with E-state index in [-0.39, 0.29) is 30.3 Å². The van der Waals surface area contributed by atoms with Gasteiger partial charge in [0, 0.05) is 24.5 Å². The number of aryl methyl sites for hydroxylation is 1. The Morgan fingerprint density at radius 3 is 3.09 bits per heavy atom. The summed E-state index contributed by atoms with van der Waals surface area (Å²) >= 11 is 1.52. The molecule has 7 nitrogen and oxygen atoms in total. The predicted molar refractivity (Wildman–Crippen MR) is 86.1 cm³/mol. The van der Waals surface area contributed by atoms with Crippen molar-refractivity contribution in [2.45, 2.75) is 44.4 Å². The molecule has 2 heterocycles. The van der Waals surface area contributed by atoms with Crippen LogP contribution in [0.15, 0.2) is 5.38 Å². The van der Waals surface area contributed by atoms with E-state index in [0.29, 0.717) is 13.1 Å². The van der Waals surface area contributed by atoms with Crippen LogP contribution in [0.2, 0.25) is 0 Å². The molecule has 0 bridgehead atoms. The van der Waals surface area contributed by atoms with Crippen LogP contribution in [0.4, 0.5) is 0 Å². The third-order valence-corrected chi connectivity index (χ3v) is 5.29. The van der Waals surface area contributed by atoms with Gasteiger partial charge in [0.05, 0.1) is 35.8 Å². The summed E-state index contributed by atoms with van der Waals surface area (Å²) in [5.41, 5.74) is 0.765. The van der Waals surface area contributed by atoms with Gasteiger partial charge in [-0.2, -0.15) is 0 Å². The Balaban J connectivity index is 1.53. The van der Waals surface area contributed by atoms with Gasteiger partial charge in [-0.25, -0.2) is 4.98 Å². The molecule has 1 saturated heterocycles. The number of aliphatic hydroxyl groups excluding tert-OH is 1. The van der Waals surface area contributed by atoms with Crippen molar-refractivity contribution in [3.63, 3.8) is 0 Å². The fraction of sp³-hybridized carbons (Fsp3) is 0.667. The fourth-order valence-electron chi connectivity index (χ4n) is 3.37. The van der Waals surface area contributed by atoms with Crippen LogP contribution < -0.4 is 10.6 Å². The number of carbonyl (C=O) groups is 2. The fourth-order valence-corrected chi connectivity index (χ4v) is 3.98. The van der Waals surface area contributed by atoms with Crippen molar-refractivity contribution < 1.29 is 14.7 Å². The molecule has 0 radical (unpaired) electrons. The van der Waals surface area contributed by atoms with Crippen molar-refractivity contribution in [2.24, 2.45) is 0 Å². The molecule has 2 fully saturated rings. The number of hydrogen-bond acceptors (Lipinski definition) is 6. The second-order valence-corrected chi connectivity index (χ2v) is 7.23. The molecule has 1 aliphatic heterocycles. The first-order valence-electron chi connectivity index (χ1n) is 7.92. The van der Waals surface area contributed by atoms with Gasteiger partial charge in [0.25, 0.3) is 0 Å². The lowest BCUT2D eigenvalue weighted by Crippen LogP contribution is -2.55. The Labute approximate surface area is 139 Å². The smallest absolute Gasteiger partial charge is 0.234 e. The third-order valence-electron chi connectivity index (χ3n) is 4.47. The van der Waals surface area contributed by atoms with Gasteiger partial charge >= 0.3 is 0 Å². The van der Waals surface area contributed by atoms with Gasteiger partial charge in [0.1, 0.15) is 0 Å². The summed E-state index contributed by atoms with van der Waals surface area (Å²) in [7, 11) is 0. The van der Waals surface area contributed by atoms with E-state index in [1.54, 1.807) is 0 Å². The van der Waals surface area contributed by atoms with E-state index in [2.05, 4.69) is 15.6 Å². The van der Waals surface area contributed by atoms with E-state index in [9.17, 15) is 14.7 Å². The molecule has 3 N–H and O–H groups in total. The normalized spacial score (nSPS) is 28.6. The van der Waals surface area contributed by atoms with E-state index in [1.165, 1.54) is 11.3 Å². The first kappa shape index (κ1) is 16.4. The minimum atomic E-state index is -0.637. The Morgan fingerprint density at radius 1 is 1.57 bits per heavy atom. The van der Waals surface area contributed by atoms with Gasteiger partial charge in [0.2, 0.25) is 11.8 Å². The van der Waals surface area contributed by atoms with Gasteiger partial charge in [-0.05, 0) is 19.8 Å². The summed E-state index contributed by atoms with van der Waals surface area (Å²) in [5, 5.41) is 19.0. The van der Waals surface area contributed by atoms with Crippen molar-refractivity contribution in [3.8, 4) is 0 Å². The molecule has 2 aliphatic rings. The Morgan fingerprint density at radius 2 is 2.39 bits per heavy atom. The van der Waals surface area contributed by atoms with Crippen LogP contribution in [0.3, 0.4) is 0 Å². The zero-order valence-corrected chi connectivity index (χ0v) is 13.9. The number of rotatable bonds is 4. The molecule has 0 aromatic carbocycles. The molecule has 3 rings (SSSR count). The maximum Gasteiger partial charge on any atom is 0.234 e. The Kier molecular flexibility index (Phi) is 4.93. The quantitative estimate of drug-likeness (QED) is 0.684. The lowest BCUT2D eigenvalue weighted by Gasteiger charge is -2.34. The molecule has 2 amide bonds. The highest BCUT2D eigenvalue weighted by Crippen LogP contribution is 2.25. The molecule has 3 atom stereocenters. The van der Waals surface area contributed by atoms with Crippen LogP contribution in [-0.4, -0.2) is 64.6 Å². The molecule has 0 spiro atoms. The molecule has 23 heavy (non-hydrogen) atoms. The largest absolute Gasteiger partial charge is 0.389 e. The second kappa shape index (κ2) is 6.94. The Bertz CT molecular complexity index is 591. The number of amides is 2. The molecule has 8 heteroatoms. The highest BCUT2D eigenvalue weighted by atomic mass is 32.1. The number of aromatic nitrogens is 1. The van der Waals surface area contributed by atoms with Gasteiger partial charge in [-0.15, -0.1) is 11.3 Å². The first-order valence-corrected chi connectivity index (χ1v) is 8.80. The van der Waals surface area contributed by atoms with Gasteiger partial charge in [0.15, 0.2) is 0 Å². The zero-order valence-electron chi connectivity index (χ0n) is 13.1. The summed E-state index contributed by atoms with van der Waals surface area (Å²) in [4.78, 5) is 29.9. The van der Waals surface area contributed by atoms with E-state index in [0.717, 1.165) is 30.1 Å². The van der Waals surface area contributed by atoms with Crippen molar-refractivity contribution in [2.75, 3.05) is 19.6 Å². The minimum absolute atomic E-state index is 0.00478. The number of piperazine rings is 1. The zero-order chi connectivity index (χ0) is 16.4. The number of nitrogens with one attached hydrogen (secondary N) is 2. The maximum atomic E-state index is 12.1. The Hall–Kier alpha value is -1.51. The van der Waals surface area contributed by atoms with Crippen LogP contribution in [0.25, 0.3) is 0 Å². The molecule has 126 valence electrons. The third kappa shape index (κ3) is 3.88. The van der Waals surface area contributed by atoms with Crippen LogP contribution in [0, 0.1) is 6.92 Å². The lowest BCUT2D eigenvalue weighted by molar-refractivity contribution is -0.126. The molecule has 1 aliphatic carbocycles. The average Bonchev–Trinajstić information content (AvgIpc) is 3.06. The topological polar surface area (TPSA) is 94.6 Å². The van der Waals surface area contributed by atoms with Gasteiger partial charge in [-0.3, -0.25) is 14.5 Å². The first-order chi connectivity index (χ1) is 11.0. The molecule has 0 unspecified atom stereocenters. The number of aliphatic hydroxyl groups is 1. The van der Waals surface area contributed by atoms with Crippen molar-refractivity contribution in [3.05, 3.63) is 16.1 Å². The summed E-state index contributed by atoms with van der Waals surface area (Å²) in [5.74, 6) is -0.119. The summed E-state index contributed by atoms with van der Waals surface area (Å²) in [6, 6.07) is -0.315. The maximum absolute atomic E-state index is 12.1. The molecule has 1 aromatic heterocycles. The minimum Gasteiger partial charge on any atom is -0.389 e. The van der Waals surface area contributed by atoms with Crippen LogP contribution in [0.1, 0.15) is 23.5 Å². The SMILES string of the molecule is Cc1nc(CC(=O)N[C@@H]2CC[C@@H](N3CCNC(=O)C3)[C@@H]2O)cs1. The van der Waals surface area contributed by atoms with Crippen molar-refractivity contribution >= 4 is 23.2 Å². The van der Waals surface area contributed by atoms with Crippen LogP contribution in [-0.2, 0) is 16.0 Å². The van der Waals surface area contributed by atoms with E-state index in [1.807, 2.05) is 17.2 Å². The summed E-state index contributed by atoms with van der Waals surface area (Å²) in [6.45, 7) is 3.58. The molecular weight excluding hydrogens is 316 g/mol. The lowest BCUT2D eigenvalue weighted by atomic mass is 10.1. The monoisotopic (exact) mass is 338 g/mol. The van der Waals surface area contributed by atoms with Gasteiger partial charge < -0.3 is 15.7 Å². The number of carbonyl (C=O) groups excluding carboxylic acids is 2. The molecule has 1 saturated carbocycles. The van der Waals surface area contributed by atoms with Crippen LogP contribution in [0.5, 0.6) is 0 Å². The van der Waals surface area contributed by atoms with E-state index >= 15 is 0 Å².